The number of nitrogens with two attached hydrogens (primary N) is 2. The van der Waals surface area contributed by atoms with Gasteiger partial charge in [-0.25, -0.2) is 0 Å². The van der Waals surface area contributed by atoms with Crippen molar-refractivity contribution in [1.29, 1.82) is 0 Å². The van der Waals surface area contributed by atoms with E-state index in [1.807, 2.05) is 0 Å². The normalized spacial score (nSPS) is 11.0. The lowest BCUT2D eigenvalue weighted by atomic mass is 10.2. The Morgan fingerprint density at radius 3 is 1.28 bits per heavy atom. The van der Waals surface area contributed by atoms with Crippen molar-refractivity contribution in [3.63, 3.8) is 0 Å². The average molecular weight is 259 g/mol. The summed E-state index contributed by atoms with van der Waals surface area (Å²) in [5, 5.41) is 10.2. The molecule has 0 amide bonds. The summed E-state index contributed by atoms with van der Waals surface area (Å²) in [6, 6.07) is 0. The summed E-state index contributed by atoms with van der Waals surface area (Å²) in [6.07, 6.45) is 5.97. The van der Waals surface area contributed by atoms with Crippen molar-refractivity contribution in [2.45, 2.75) is 32.1 Å². The van der Waals surface area contributed by atoms with Crippen LogP contribution in [0, 0.1) is 0 Å². The van der Waals surface area contributed by atoms with E-state index in [4.69, 9.17) is 11.5 Å². The number of hydrogen-bond donors (Lipinski definition) is 5. The Balaban J connectivity index is 2.86. The first-order valence-electron chi connectivity index (χ1n) is 7.44. The Labute approximate surface area is 112 Å². The third kappa shape index (κ3) is 15.8. The van der Waals surface area contributed by atoms with E-state index in [0.717, 1.165) is 65.2 Å². The summed E-state index contributed by atoms with van der Waals surface area (Å²) < 4.78 is 0. The molecule has 0 saturated heterocycles. The molecule has 7 N–H and O–H groups in total. The number of nitrogens with one attached hydrogen (secondary N) is 3. The molecule has 0 aromatic heterocycles. The minimum absolute atomic E-state index is 0.778. The maximum absolute atomic E-state index is 5.42. The molecule has 0 spiro atoms. The van der Waals surface area contributed by atoms with Gasteiger partial charge in [0.25, 0.3) is 0 Å². The van der Waals surface area contributed by atoms with Crippen LogP contribution >= 0.6 is 0 Å². The molecule has 18 heavy (non-hydrogen) atoms. The third-order valence-corrected chi connectivity index (χ3v) is 2.80. The second-order valence-electron chi connectivity index (χ2n) is 4.60. The van der Waals surface area contributed by atoms with Gasteiger partial charge in [0, 0.05) is 13.1 Å². The van der Waals surface area contributed by atoms with E-state index >= 15 is 0 Å². The Kier molecular flexibility index (Phi) is 16.6. The minimum atomic E-state index is 0.778. The highest BCUT2D eigenvalue weighted by molar-refractivity contribution is 4.54. The number of hydrogen-bond acceptors (Lipinski definition) is 5. The van der Waals surface area contributed by atoms with Crippen LogP contribution < -0.4 is 27.4 Å². The fourth-order valence-corrected chi connectivity index (χ4v) is 1.68. The van der Waals surface area contributed by atoms with Crippen LogP contribution in [-0.4, -0.2) is 52.4 Å². The molecule has 0 atom stereocenters. The van der Waals surface area contributed by atoms with Crippen LogP contribution in [0.2, 0.25) is 0 Å². The first-order chi connectivity index (χ1) is 8.91. The van der Waals surface area contributed by atoms with Gasteiger partial charge in [-0.15, -0.1) is 0 Å². The smallest absolute Gasteiger partial charge is 0.00767 e. The van der Waals surface area contributed by atoms with Crippen LogP contribution in [-0.2, 0) is 0 Å². The fourth-order valence-electron chi connectivity index (χ4n) is 1.68. The van der Waals surface area contributed by atoms with Crippen molar-refractivity contribution in [3.05, 3.63) is 0 Å². The van der Waals surface area contributed by atoms with Crippen molar-refractivity contribution >= 4 is 0 Å². The molecule has 0 heterocycles. The van der Waals surface area contributed by atoms with Gasteiger partial charge in [0.15, 0.2) is 0 Å². The predicted molar refractivity (Wildman–Crippen MR) is 79.8 cm³/mol. The van der Waals surface area contributed by atoms with Crippen LogP contribution in [0.5, 0.6) is 0 Å². The zero-order valence-corrected chi connectivity index (χ0v) is 11.8. The van der Waals surface area contributed by atoms with Crippen molar-refractivity contribution in [3.8, 4) is 0 Å². The molecule has 0 aromatic rings. The molecule has 5 heteroatoms. The van der Waals surface area contributed by atoms with Gasteiger partial charge >= 0.3 is 0 Å². The van der Waals surface area contributed by atoms with Gasteiger partial charge in [0.1, 0.15) is 0 Å². The van der Waals surface area contributed by atoms with E-state index in [2.05, 4.69) is 16.0 Å². The average Bonchev–Trinajstić information content (AvgIpc) is 2.39. The van der Waals surface area contributed by atoms with Gasteiger partial charge in [-0.2, -0.15) is 0 Å². The van der Waals surface area contributed by atoms with Crippen LogP contribution in [0.3, 0.4) is 0 Å². The van der Waals surface area contributed by atoms with Crippen LogP contribution in [0.15, 0.2) is 0 Å². The first kappa shape index (κ1) is 17.8. The van der Waals surface area contributed by atoms with Gasteiger partial charge in [-0.3, -0.25) is 0 Å². The van der Waals surface area contributed by atoms with E-state index in [9.17, 15) is 0 Å². The molecule has 5 nitrogen and oxygen atoms in total. The molecule has 0 unspecified atom stereocenters. The van der Waals surface area contributed by atoms with Crippen LogP contribution in [0.25, 0.3) is 0 Å². The Hall–Kier alpha value is -0.200. The van der Waals surface area contributed by atoms with Crippen molar-refractivity contribution in [1.82, 2.24) is 16.0 Å². The lowest BCUT2D eigenvalue weighted by Crippen LogP contribution is -2.29. The Bertz CT molecular complexity index is 127. The zero-order chi connectivity index (χ0) is 13.3. The Morgan fingerprint density at radius 1 is 0.444 bits per heavy atom. The number of unbranched alkanes of at least 4 members (excludes halogenated alkanes) is 2. The maximum Gasteiger partial charge on any atom is 0.00767 e. The second kappa shape index (κ2) is 16.8. The quantitative estimate of drug-likeness (QED) is 0.259. The van der Waals surface area contributed by atoms with E-state index in [1.54, 1.807) is 0 Å². The van der Waals surface area contributed by atoms with Gasteiger partial charge < -0.3 is 27.4 Å². The fraction of sp³-hybridized carbons (Fsp3) is 1.00. The predicted octanol–water partition coefficient (Wildman–Crippen LogP) is -0.377. The molecular weight excluding hydrogens is 226 g/mol. The molecule has 0 saturated carbocycles. The minimum Gasteiger partial charge on any atom is -0.330 e. The molecule has 0 aliphatic heterocycles. The van der Waals surface area contributed by atoms with E-state index in [0.29, 0.717) is 0 Å². The molecule has 110 valence electrons. The van der Waals surface area contributed by atoms with Crippen LogP contribution in [0.4, 0.5) is 0 Å². The van der Waals surface area contributed by atoms with Crippen LogP contribution in [0.1, 0.15) is 32.1 Å². The highest BCUT2D eigenvalue weighted by Gasteiger charge is 1.91. The van der Waals surface area contributed by atoms with Gasteiger partial charge in [-0.05, 0) is 65.0 Å². The monoisotopic (exact) mass is 259 g/mol. The lowest BCUT2D eigenvalue weighted by molar-refractivity contribution is 0.553. The molecule has 0 radical (unpaired) electrons. The van der Waals surface area contributed by atoms with E-state index in [1.165, 1.54) is 19.3 Å². The highest BCUT2D eigenvalue weighted by atomic mass is 14.9. The second-order valence-corrected chi connectivity index (χ2v) is 4.60. The van der Waals surface area contributed by atoms with Crippen molar-refractivity contribution < 1.29 is 0 Å². The summed E-state index contributed by atoms with van der Waals surface area (Å²) in [5.74, 6) is 0. The molecule has 0 rings (SSSR count). The van der Waals surface area contributed by atoms with Gasteiger partial charge in [0.05, 0.1) is 0 Å². The topological polar surface area (TPSA) is 88.1 Å². The standard InChI is InChI=1S/C13H33N5/c14-6-4-10-16-8-2-1-3-9-17-12-13-18-11-5-7-15/h16-18H,1-15H2. The highest BCUT2D eigenvalue weighted by Crippen LogP contribution is 1.92. The SMILES string of the molecule is NCCCNCCCCCNCCNCCCN. The third-order valence-electron chi connectivity index (χ3n) is 2.80. The molecule has 0 bridgehead atoms. The van der Waals surface area contributed by atoms with E-state index in [-0.39, 0.29) is 0 Å². The maximum atomic E-state index is 5.42. The molecule has 0 aliphatic rings. The summed E-state index contributed by atoms with van der Waals surface area (Å²) in [4.78, 5) is 0. The summed E-state index contributed by atoms with van der Waals surface area (Å²) in [7, 11) is 0. The van der Waals surface area contributed by atoms with Gasteiger partial charge in [-0.1, -0.05) is 6.42 Å². The van der Waals surface area contributed by atoms with E-state index < -0.39 is 0 Å². The molecule has 0 aromatic carbocycles. The first-order valence-corrected chi connectivity index (χ1v) is 7.44. The molecular formula is C13H33N5. The summed E-state index contributed by atoms with van der Waals surface area (Å²) in [6.45, 7) is 8.01. The zero-order valence-electron chi connectivity index (χ0n) is 11.8. The molecule has 0 aliphatic carbocycles. The Morgan fingerprint density at radius 2 is 0.833 bits per heavy atom. The largest absolute Gasteiger partial charge is 0.330 e. The summed E-state index contributed by atoms with van der Waals surface area (Å²) >= 11 is 0. The van der Waals surface area contributed by atoms with Gasteiger partial charge in [0.2, 0.25) is 0 Å². The van der Waals surface area contributed by atoms with Crippen molar-refractivity contribution in [2.24, 2.45) is 11.5 Å². The lowest BCUT2D eigenvalue weighted by Gasteiger charge is -2.06. The summed E-state index contributed by atoms with van der Waals surface area (Å²) in [5.41, 5.74) is 10.8. The molecule has 0 fully saturated rings. The number of rotatable bonds is 15. The van der Waals surface area contributed by atoms with Crippen molar-refractivity contribution in [2.75, 3.05) is 52.4 Å².